The maximum absolute atomic E-state index is 13.2. The number of nitrogens with one attached hydrogen (secondary N) is 3. The van der Waals surface area contributed by atoms with E-state index in [1.54, 1.807) is 12.4 Å². The molecule has 0 bridgehead atoms. The second-order valence-electron chi connectivity index (χ2n) is 9.06. The highest BCUT2D eigenvalue weighted by atomic mass is 16.5. The minimum absolute atomic E-state index is 0.102. The van der Waals surface area contributed by atoms with Crippen molar-refractivity contribution in [1.82, 2.24) is 25.1 Å². The van der Waals surface area contributed by atoms with E-state index in [1.165, 1.54) is 0 Å². The molecule has 0 saturated carbocycles. The third-order valence-electron chi connectivity index (χ3n) is 6.37. The van der Waals surface area contributed by atoms with E-state index in [0.29, 0.717) is 24.3 Å². The Balaban J connectivity index is 1.42. The third kappa shape index (κ3) is 7.65. The number of nitrogens with zero attached hydrogens (tertiary/aromatic N) is 3. The number of rotatable bonds is 11. The standard InChI is InChI=1S/C28H36N6O3/c1-2-3-4-13-34-21-25(27(35)30-11-6-12-33-14-16-37-17-15-33)24-18-23(8-9-26(24)34)32-28(36)31-20-22-7-5-10-29-19-22/h2-3,5,7-10,18-19,21H,4,6,11-17,20H2,1H3,(H,30,35)(H2,31,32,36). The molecular formula is C28H36N6O3. The molecule has 3 heterocycles. The van der Waals surface area contributed by atoms with Gasteiger partial charge in [0.15, 0.2) is 0 Å². The molecule has 1 fully saturated rings. The molecule has 9 nitrogen and oxygen atoms in total. The highest BCUT2D eigenvalue weighted by molar-refractivity contribution is 6.08. The monoisotopic (exact) mass is 504 g/mol. The van der Waals surface area contributed by atoms with E-state index in [1.807, 2.05) is 49.5 Å². The lowest BCUT2D eigenvalue weighted by molar-refractivity contribution is 0.0374. The summed E-state index contributed by atoms with van der Waals surface area (Å²) in [6, 6.07) is 9.11. The number of aryl methyl sites for hydroxylation is 1. The number of allylic oxidation sites excluding steroid dienone is 2. The Morgan fingerprint density at radius 1 is 1.14 bits per heavy atom. The van der Waals surface area contributed by atoms with Crippen LogP contribution in [0.3, 0.4) is 0 Å². The van der Waals surface area contributed by atoms with Gasteiger partial charge < -0.3 is 25.3 Å². The van der Waals surface area contributed by atoms with Crippen molar-refractivity contribution in [3.63, 3.8) is 0 Å². The fourth-order valence-electron chi connectivity index (χ4n) is 4.41. The van der Waals surface area contributed by atoms with Crippen LogP contribution >= 0.6 is 0 Å². The molecule has 1 aliphatic rings. The van der Waals surface area contributed by atoms with Gasteiger partial charge in [-0.05, 0) is 56.1 Å². The molecule has 3 amide bonds. The smallest absolute Gasteiger partial charge is 0.319 e. The predicted octanol–water partition coefficient (Wildman–Crippen LogP) is 3.78. The fourth-order valence-corrected chi connectivity index (χ4v) is 4.41. The number of pyridine rings is 1. The molecule has 3 aromatic rings. The molecule has 196 valence electrons. The van der Waals surface area contributed by atoms with Gasteiger partial charge in [0.2, 0.25) is 0 Å². The molecule has 1 aliphatic heterocycles. The number of amides is 3. The number of aromatic nitrogens is 2. The topological polar surface area (TPSA) is 101 Å². The molecule has 3 N–H and O–H groups in total. The number of anilines is 1. The summed E-state index contributed by atoms with van der Waals surface area (Å²) in [5.41, 5.74) is 3.12. The van der Waals surface area contributed by atoms with E-state index in [4.69, 9.17) is 4.74 Å². The molecule has 0 unspecified atom stereocenters. The maximum atomic E-state index is 13.2. The summed E-state index contributed by atoms with van der Waals surface area (Å²) < 4.78 is 7.50. The zero-order chi connectivity index (χ0) is 25.9. The van der Waals surface area contributed by atoms with E-state index in [9.17, 15) is 9.59 Å². The van der Waals surface area contributed by atoms with Crippen molar-refractivity contribution in [3.05, 3.63) is 72.2 Å². The highest BCUT2D eigenvalue weighted by Gasteiger charge is 2.16. The Kier molecular flexibility index (Phi) is 9.67. The summed E-state index contributed by atoms with van der Waals surface area (Å²) in [6.07, 6.45) is 11.2. The van der Waals surface area contributed by atoms with E-state index in [0.717, 1.165) is 68.7 Å². The van der Waals surface area contributed by atoms with Crippen molar-refractivity contribution in [3.8, 4) is 0 Å². The van der Waals surface area contributed by atoms with E-state index >= 15 is 0 Å². The van der Waals surface area contributed by atoms with Gasteiger partial charge in [0.25, 0.3) is 5.91 Å². The van der Waals surface area contributed by atoms with Crippen molar-refractivity contribution in [2.75, 3.05) is 44.7 Å². The SMILES string of the molecule is CC=CCCn1cc(C(=O)NCCCN2CCOCC2)c2cc(NC(=O)NCc3cccnc3)ccc21. The number of urea groups is 1. The number of benzene rings is 1. The Bertz CT molecular complexity index is 1200. The second-order valence-corrected chi connectivity index (χ2v) is 9.06. The summed E-state index contributed by atoms with van der Waals surface area (Å²) in [5, 5.41) is 9.62. The Labute approximate surface area is 217 Å². The minimum Gasteiger partial charge on any atom is -0.379 e. The van der Waals surface area contributed by atoms with Crippen LogP contribution in [0.2, 0.25) is 0 Å². The van der Waals surface area contributed by atoms with Crippen molar-refractivity contribution in [2.24, 2.45) is 0 Å². The summed E-state index contributed by atoms with van der Waals surface area (Å²) in [7, 11) is 0. The van der Waals surface area contributed by atoms with E-state index < -0.39 is 0 Å². The van der Waals surface area contributed by atoms with Crippen LogP contribution in [0.1, 0.15) is 35.7 Å². The van der Waals surface area contributed by atoms with E-state index in [-0.39, 0.29) is 11.9 Å². The Hall–Kier alpha value is -3.69. The summed E-state index contributed by atoms with van der Waals surface area (Å²) >= 11 is 0. The van der Waals surface area contributed by atoms with Gasteiger partial charge in [0, 0.05) is 67.9 Å². The Morgan fingerprint density at radius 2 is 2.00 bits per heavy atom. The maximum Gasteiger partial charge on any atom is 0.319 e. The average molecular weight is 505 g/mol. The predicted molar refractivity (Wildman–Crippen MR) is 146 cm³/mol. The van der Waals surface area contributed by atoms with Crippen LogP contribution in [0, 0.1) is 0 Å². The molecule has 1 aromatic carbocycles. The van der Waals surface area contributed by atoms with Gasteiger partial charge in [-0.2, -0.15) is 0 Å². The van der Waals surface area contributed by atoms with Crippen LogP contribution in [-0.2, 0) is 17.8 Å². The quantitative estimate of drug-likeness (QED) is 0.273. The van der Waals surface area contributed by atoms with E-state index in [2.05, 4.69) is 36.5 Å². The first kappa shape index (κ1) is 26.4. The van der Waals surface area contributed by atoms with Crippen LogP contribution in [0.5, 0.6) is 0 Å². The average Bonchev–Trinajstić information content (AvgIpc) is 3.29. The molecular weight excluding hydrogens is 468 g/mol. The lowest BCUT2D eigenvalue weighted by Gasteiger charge is -2.26. The van der Waals surface area contributed by atoms with Crippen molar-refractivity contribution < 1.29 is 14.3 Å². The van der Waals surface area contributed by atoms with Crippen LogP contribution in [0.4, 0.5) is 10.5 Å². The lowest BCUT2D eigenvalue weighted by Crippen LogP contribution is -2.38. The third-order valence-corrected chi connectivity index (χ3v) is 6.37. The van der Waals surface area contributed by atoms with Crippen molar-refractivity contribution in [1.29, 1.82) is 0 Å². The first-order chi connectivity index (χ1) is 18.1. The molecule has 0 aliphatic carbocycles. The van der Waals surface area contributed by atoms with Gasteiger partial charge in [-0.1, -0.05) is 18.2 Å². The number of hydrogen-bond donors (Lipinski definition) is 3. The number of carbonyl (C=O) groups excluding carboxylic acids is 2. The van der Waals surface area contributed by atoms with Crippen LogP contribution < -0.4 is 16.0 Å². The van der Waals surface area contributed by atoms with Crippen LogP contribution in [0.15, 0.2) is 61.1 Å². The highest BCUT2D eigenvalue weighted by Crippen LogP contribution is 2.26. The van der Waals surface area contributed by atoms with Gasteiger partial charge in [-0.3, -0.25) is 14.7 Å². The van der Waals surface area contributed by atoms with Crippen molar-refractivity contribution >= 4 is 28.5 Å². The molecule has 0 atom stereocenters. The molecule has 1 saturated heterocycles. The summed E-state index contributed by atoms with van der Waals surface area (Å²) in [5.74, 6) is -0.102. The second kappa shape index (κ2) is 13.6. The van der Waals surface area contributed by atoms with Crippen LogP contribution in [0.25, 0.3) is 10.9 Å². The van der Waals surface area contributed by atoms with Crippen LogP contribution in [-0.4, -0.2) is 65.8 Å². The summed E-state index contributed by atoms with van der Waals surface area (Å²) in [6.45, 7) is 8.13. The number of fused-ring (bicyclic) bond motifs is 1. The fraction of sp³-hybridized carbons (Fsp3) is 0.393. The molecule has 0 radical (unpaired) electrons. The van der Waals surface area contributed by atoms with Crippen molar-refractivity contribution in [2.45, 2.75) is 32.9 Å². The molecule has 37 heavy (non-hydrogen) atoms. The van der Waals surface area contributed by atoms with Gasteiger partial charge >= 0.3 is 6.03 Å². The first-order valence-corrected chi connectivity index (χ1v) is 12.9. The van der Waals surface area contributed by atoms with Gasteiger partial charge in [0.1, 0.15) is 0 Å². The first-order valence-electron chi connectivity index (χ1n) is 12.9. The Morgan fingerprint density at radius 3 is 2.78 bits per heavy atom. The molecule has 0 spiro atoms. The number of carbonyl (C=O) groups is 2. The van der Waals surface area contributed by atoms with Gasteiger partial charge in [0.05, 0.1) is 18.8 Å². The molecule has 2 aromatic heterocycles. The zero-order valence-corrected chi connectivity index (χ0v) is 21.4. The summed E-state index contributed by atoms with van der Waals surface area (Å²) in [4.78, 5) is 32.1. The molecule has 4 rings (SSSR count). The minimum atomic E-state index is -0.315. The van der Waals surface area contributed by atoms with Gasteiger partial charge in [-0.15, -0.1) is 0 Å². The van der Waals surface area contributed by atoms with Gasteiger partial charge in [-0.25, -0.2) is 4.79 Å². The largest absolute Gasteiger partial charge is 0.379 e. The zero-order valence-electron chi connectivity index (χ0n) is 21.4. The lowest BCUT2D eigenvalue weighted by atomic mass is 10.1. The molecule has 9 heteroatoms. The normalized spacial score (nSPS) is 14.2. The number of ether oxygens (including phenoxy) is 1. The number of morpholine rings is 1. The number of hydrogen-bond acceptors (Lipinski definition) is 5.